The lowest BCUT2D eigenvalue weighted by Crippen LogP contribution is -2.50. The minimum atomic E-state index is -3.32. The number of hydrogen-bond donors (Lipinski definition) is 0. The molecule has 2 fully saturated rings. The zero-order chi connectivity index (χ0) is 16.5. The van der Waals surface area contributed by atoms with Crippen molar-refractivity contribution in [3.63, 3.8) is 0 Å². The standard InChI is InChI=1S/C15H25N3O4S/c1-15(2)5-3-14(22-15)11-17-6-8-18(9-7-17)23(19,20)12-13-4-10-21-16-13/h4,10,14H,3,5-9,11-12H2,1-2H3/t14-/m0/s1. The molecule has 0 aliphatic carbocycles. The molecule has 0 N–H and O–H groups in total. The molecule has 0 bridgehead atoms. The summed E-state index contributed by atoms with van der Waals surface area (Å²) in [6.07, 6.45) is 3.83. The van der Waals surface area contributed by atoms with E-state index in [1.807, 2.05) is 0 Å². The molecule has 23 heavy (non-hydrogen) atoms. The third-order valence-electron chi connectivity index (χ3n) is 4.56. The van der Waals surface area contributed by atoms with Gasteiger partial charge < -0.3 is 9.26 Å². The van der Waals surface area contributed by atoms with Crippen molar-refractivity contribution in [2.24, 2.45) is 0 Å². The van der Waals surface area contributed by atoms with Crippen LogP contribution >= 0.6 is 0 Å². The summed E-state index contributed by atoms with van der Waals surface area (Å²) in [6, 6.07) is 1.59. The van der Waals surface area contributed by atoms with Crippen LogP contribution in [0.1, 0.15) is 32.4 Å². The van der Waals surface area contributed by atoms with E-state index in [9.17, 15) is 8.42 Å². The van der Waals surface area contributed by atoms with E-state index in [0.717, 1.165) is 32.5 Å². The normalized spacial score (nSPS) is 26.6. The second kappa shape index (κ2) is 6.51. The summed E-state index contributed by atoms with van der Waals surface area (Å²) in [5, 5.41) is 3.69. The molecular formula is C15H25N3O4S. The van der Waals surface area contributed by atoms with Crippen LogP contribution in [0.25, 0.3) is 0 Å². The lowest BCUT2D eigenvalue weighted by atomic mass is 10.1. The van der Waals surface area contributed by atoms with Crippen LogP contribution in [-0.4, -0.2) is 67.2 Å². The monoisotopic (exact) mass is 343 g/mol. The number of sulfonamides is 1. The van der Waals surface area contributed by atoms with E-state index in [0.29, 0.717) is 18.8 Å². The summed E-state index contributed by atoms with van der Waals surface area (Å²) < 4.78 is 37.1. The predicted octanol–water partition coefficient (Wildman–Crippen LogP) is 1.08. The van der Waals surface area contributed by atoms with Gasteiger partial charge in [0.25, 0.3) is 0 Å². The number of rotatable bonds is 5. The third-order valence-corrected chi connectivity index (χ3v) is 6.37. The van der Waals surface area contributed by atoms with Crippen LogP contribution < -0.4 is 0 Å². The Kier molecular flexibility index (Phi) is 4.78. The minimum absolute atomic E-state index is 0.0204. The number of hydrogen-bond acceptors (Lipinski definition) is 6. The maximum absolute atomic E-state index is 12.4. The number of nitrogens with zero attached hydrogens (tertiary/aromatic N) is 3. The number of piperazine rings is 1. The van der Waals surface area contributed by atoms with Gasteiger partial charge in [-0.3, -0.25) is 4.90 Å². The molecule has 1 atom stereocenters. The maximum atomic E-state index is 12.4. The molecular weight excluding hydrogens is 318 g/mol. The molecule has 1 aromatic heterocycles. The molecule has 3 rings (SSSR count). The van der Waals surface area contributed by atoms with Gasteiger partial charge in [-0.05, 0) is 26.7 Å². The fraction of sp³-hybridized carbons (Fsp3) is 0.800. The molecule has 3 heterocycles. The molecule has 0 aromatic carbocycles. The van der Waals surface area contributed by atoms with Crippen LogP contribution in [0.15, 0.2) is 16.9 Å². The average Bonchev–Trinajstić information content (AvgIpc) is 3.09. The topological polar surface area (TPSA) is 75.9 Å². The second-order valence-electron chi connectivity index (χ2n) is 6.98. The molecule has 7 nitrogen and oxygen atoms in total. The maximum Gasteiger partial charge on any atom is 0.220 e. The van der Waals surface area contributed by atoms with Crippen LogP contribution in [-0.2, 0) is 20.5 Å². The van der Waals surface area contributed by atoms with Gasteiger partial charge in [0.05, 0.1) is 17.4 Å². The SMILES string of the molecule is CC1(C)CC[C@@H](CN2CCN(S(=O)(=O)Cc3ccon3)CC2)O1. The van der Waals surface area contributed by atoms with E-state index < -0.39 is 10.0 Å². The molecule has 2 aliphatic heterocycles. The van der Waals surface area contributed by atoms with Crippen molar-refractivity contribution in [1.29, 1.82) is 0 Å². The quantitative estimate of drug-likeness (QED) is 0.796. The molecule has 130 valence electrons. The van der Waals surface area contributed by atoms with Crippen molar-refractivity contribution >= 4 is 10.0 Å². The Balaban J connectivity index is 1.48. The Morgan fingerprint density at radius 1 is 1.30 bits per heavy atom. The molecule has 0 amide bonds. The van der Waals surface area contributed by atoms with E-state index >= 15 is 0 Å². The Bertz CT molecular complexity index is 607. The van der Waals surface area contributed by atoms with E-state index in [-0.39, 0.29) is 17.5 Å². The highest BCUT2D eigenvalue weighted by Gasteiger charge is 2.34. The smallest absolute Gasteiger partial charge is 0.220 e. The molecule has 0 spiro atoms. The van der Waals surface area contributed by atoms with Gasteiger partial charge in [0.1, 0.15) is 12.0 Å². The predicted molar refractivity (Wildman–Crippen MR) is 85.3 cm³/mol. The molecule has 0 radical (unpaired) electrons. The fourth-order valence-electron chi connectivity index (χ4n) is 3.27. The molecule has 0 unspecified atom stereocenters. The van der Waals surface area contributed by atoms with Gasteiger partial charge in [-0.25, -0.2) is 8.42 Å². The van der Waals surface area contributed by atoms with Crippen LogP contribution in [0.4, 0.5) is 0 Å². The average molecular weight is 343 g/mol. The van der Waals surface area contributed by atoms with Crippen LogP contribution in [0.2, 0.25) is 0 Å². The first-order chi connectivity index (χ1) is 10.8. The Labute approximate surface area is 137 Å². The molecule has 2 saturated heterocycles. The van der Waals surface area contributed by atoms with Gasteiger partial charge >= 0.3 is 0 Å². The summed E-state index contributed by atoms with van der Waals surface area (Å²) in [6.45, 7) is 7.69. The highest BCUT2D eigenvalue weighted by Crippen LogP contribution is 2.29. The first-order valence-corrected chi connectivity index (χ1v) is 9.72. The van der Waals surface area contributed by atoms with Crippen LogP contribution in [0.5, 0.6) is 0 Å². The van der Waals surface area contributed by atoms with Crippen molar-refractivity contribution < 1.29 is 17.7 Å². The molecule has 0 saturated carbocycles. The van der Waals surface area contributed by atoms with Gasteiger partial charge in [-0.15, -0.1) is 0 Å². The highest BCUT2D eigenvalue weighted by molar-refractivity contribution is 7.88. The summed E-state index contributed by atoms with van der Waals surface area (Å²) in [4.78, 5) is 2.30. The Hall–Kier alpha value is -0.960. The lowest BCUT2D eigenvalue weighted by molar-refractivity contribution is -0.0313. The Morgan fingerprint density at radius 2 is 2.04 bits per heavy atom. The van der Waals surface area contributed by atoms with Gasteiger partial charge in [0.15, 0.2) is 0 Å². The molecule has 8 heteroatoms. The third kappa shape index (κ3) is 4.32. The molecule has 2 aliphatic rings. The van der Waals surface area contributed by atoms with Crippen LogP contribution in [0, 0.1) is 0 Å². The van der Waals surface area contributed by atoms with E-state index in [1.54, 1.807) is 10.4 Å². The summed E-state index contributed by atoms with van der Waals surface area (Å²) in [5.41, 5.74) is 0.432. The number of ether oxygens (including phenoxy) is 1. The summed E-state index contributed by atoms with van der Waals surface area (Å²) in [7, 11) is -3.32. The largest absolute Gasteiger partial charge is 0.371 e. The zero-order valence-electron chi connectivity index (χ0n) is 13.8. The highest BCUT2D eigenvalue weighted by atomic mass is 32.2. The number of aromatic nitrogens is 1. The van der Waals surface area contributed by atoms with Crippen molar-refractivity contribution in [3.05, 3.63) is 18.0 Å². The molecule has 1 aromatic rings. The second-order valence-corrected chi connectivity index (χ2v) is 8.95. The zero-order valence-corrected chi connectivity index (χ0v) is 14.6. The first kappa shape index (κ1) is 16.9. The van der Waals surface area contributed by atoms with Crippen molar-refractivity contribution in [2.75, 3.05) is 32.7 Å². The lowest BCUT2D eigenvalue weighted by Gasteiger charge is -2.35. The minimum Gasteiger partial charge on any atom is -0.371 e. The first-order valence-electron chi connectivity index (χ1n) is 8.11. The Morgan fingerprint density at radius 3 is 2.61 bits per heavy atom. The van der Waals surface area contributed by atoms with Gasteiger partial charge in [0, 0.05) is 38.8 Å². The van der Waals surface area contributed by atoms with Gasteiger partial charge in [0.2, 0.25) is 10.0 Å². The van der Waals surface area contributed by atoms with Crippen molar-refractivity contribution in [3.8, 4) is 0 Å². The van der Waals surface area contributed by atoms with Crippen molar-refractivity contribution in [1.82, 2.24) is 14.4 Å². The van der Waals surface area contributed by atoms with E-state index in [4.69, 9.17) is 9.26 Å². The van der Waals surface area contributed by atoms with Gasteiger partial charge in [-0.1, -0.05) is 5.16 Å². The van der Waals surface area contributed by atoms with E-state index in [1.165, 1.54) is 6.26 Å². The summed E-state index contributed by atoms with van der Waals surface area (Å²) in [5.74, 6) is -0.0938. The van der Waals surface area contributed by atoms with E-state index in [2.05, 4.69) is 23.9 Å². The van der Waals surface area contributed by atoms with Crippen LogP contribution in [0.3, 0.4) is 0 Å². The van der Waals surface area contributed by atoms with Gasteiger partial charge in [-0.2, -0.15) is 4.31 Å². The van der Waals surface area contributed by atoms with Crippen molar-refractivity contribution in [2.45, 2.75) is 44.1 Å². The summed E-state index contributed by atoms with van der Waals surface area (Å²) >= 11 is 0. The fourth-order valence-corrected chi connectivity index (χ4v) is 4.70.